The summed E-state index contributed by atoms with van der Waals surface area (Å²) < 4.78 is 14.7. The minimum absolute atomic E-state index is 0.0581. The lowest BCUT2D eigenvalue weighted by molar-refractivity contribution is 0.411. The minimum Gasteiger partial charge on any atom is -0.337 e. The number of hydrogen-bond donors (Lipinski definition) is 0. The molecule has 0 saturated carbocycles. The average Bonchev–Trinajstić information content (AvgIpc) is 2.07. The van der Waals surface area contributed by atoms with Gasteiger partial charge in [-0.05, 0) is 19.6 Å². The Kier molecular flexibility index (Phi) is 6.61. The van der Waals surface area contributed by atoms with Crippen molar-refractivity contribution in [1.29, 1.82) is 0 Å². The summed E-state index contributed by atoms with van der Waals surface area (Å²) in [5, 5.41) is 0.0581. The normalized spacial score (nSPS) is 17.8. The van der Waals surface area contributed by atoms with Gasteiger partial charge in [-0.3, -0.25) is 4.00 Å². The third kappa shape index (κ3) is 5.43. The molecule has 0 aliphatic carbocycles. The Balaban J connectivity index is 6.72. The molecule has 1 atom stereocenters. The van der Waals surface area contributed by atoms with Crippen LogP contribution in [0.25, 0.3) is 0 Å². The number of rotatable bonds is 5. The molecule has 1 unspecified atom stereocenters. The summed E-state index contributed by atoms with van der Waals surface area (Å²) in [5.74, 6) is 0. The summed E-state index contributed by atoms with van der Waals surface area (Å²) in [7, 11) is -4.77. The first kappa shape index (κ1) is 21.8. The fraction of sp³-hybridized carbons (Fsp3) is 1.00. The van der Waals surface area contributed by atoms with Crippen LogP contribution in [0.4, 0.5) is 0 Å². The van der Waals surface area contributed by atoms with Crippen LogP contribution in [-0.2, 0) is 4.52 Å². The zero-order chi connectivity index (χ0) is 17.5. The summed E-state index contributed by atoms with van der Waals surface area (Å²) in [5.41, 5.74) is 0. The highest BCUT2D eigenvalue weighted by Crippen LogP contribution is 2.67. The lowest BCUT2D eigenvalue weighted by atomic mass is 10.3. The Morgan fingerprint density at radius 2 is 1.14 bits per heavy atom. The van der Waals surface area contributed by atoms with Crippen molar-refractivity contribution in [2.45, 2.75) is 84.9 Å². The van der Waals surface area contributed by atoms with Crippen LogP contribution in [-0.4, -0.2) is 41.0 Å². The topological polar surface area (TPSA) is 24.8 Å². The van der Waals surface area contributed by atoms with E-state index in [4.69, 9.17) is 8.93 Å². The fourth-order valence-electron chi connectivity index (χ4n) is 3.12. The van der Waals surface area contributed by atoms with Gasteiger partial charge < -0.3 is 8.93 Å². The monoisotopic (exact) mass is 366 g/mol. The first-order valence-electron chi connectivity index (χ1n) is 7.89. The van der Waals surface area contributed by atoms with Crippen LogP contribution in [0.5, 0.6) is 0 Å². The van der Waals surface area contributed by atoms with Gasteiger partial charge in [-0.25, -0.2) is 0 Å². The molecule has 0 aromatic carbocycles. The molecular weight excluding hydrogens is 327 g/mol. The van der Waals surface area contributed by atoms with E-state index >= 15 is 0 Å². The largest absolute Gasteiger partial charge is 0.337 e. The van der Waals surface area contributed by atoms with Crippen molar-refractivity contribution in [2.24, 2.45) is 4.41 Å². The van der Waals surface area contributed by atoms with E-state index in [9.17, 15) is 0 Å². The molecule has 0 saturated heterocycles. The van der Waals surface area contributed by atoms with E-state index in [2.05, 4.69) is 83.7 Å². The van der Waals surface area contributed by atoms with Gasteiger partial charge >= 0.3 is 0 Å². The van der Waals surface area contributed by atoms with Crippen LogP contribution >= 0.6 is 7.43 Å². The Morgan fingerprint density at radius 1 is 0.810 bits per heavy atom. The van der Waals surface area contributed by atoms with Gasteiger partial charge in [0.2, 0.25) is 0 Å². The van der Waals surface area contributed by atoms with Gasteiger partial charge in [-0.1, -0.05) is 60.1 Å². The van der Waals surface area contributed by atoms with Crippen LogP contribution in [0, 0.1) is 0 Å². The first-order valence-corrected chi connectivity index (χ1v) is 19.8. The molecule has 0 aliphatic rings. The van der Waals surface area contributed by atoms with Crippen LogP contribution in [0.2, 0.25) is 58.9 Å². The highest BCUT2D eigenvalue weighted by atomic mass is 31.2. The summed E-state index contributed by atoms with van der Waals surface area (Å²) in [6.07, 6.45) is 0. The molecule has 0 heterocycles. The second kappa shape index (κ2) is 6.36. The number of hydrogen-bond acceptors (Lipinski definition) is 2. The maximum atomic E-state index is 6.37. The van der Waals surface area contributed by atoms with E-state index in [1.165, 1.54) is 0 Å². The third-order valence-corrected chi connectivity index (χ3v) is 21.2. The van der Waals surface area contributed by atoms with Gasteiger partial charge in [-0.15, -0.1) is 0 Å². The maximum absolute atomic E-state index is 6.37. The summed E-state index contributed by atoms with van der Waals surface area (Å²) in [6, 6.07) is 0. The first-order chi connectivity index (χ1) is 8.88. The van der Waals surface area contributed by atoms with Crippen LogP contribution < -0.4 is 0 Å². The minimum atomic E-state index is -1.99. The highest BCUT2D eigenvalue weighted by Gasteiger charge is 2.50. The molecule has 0 aromatic heterocycles. The second-order valence-corrected chi connectivity index (χ2v) is 28.9. The molecule has 0 bridgehead atoms. The molecule has 7 heteroatoms. The van der Waals surface area contributed by atoms with Crippen molar-refractivity contribution in [3.8, 4) is 0 Å². The van der Waals surface area contributed by atoms with Crippen molar-refractivity contribution in [3.63, 3.8) is 0 Å². The van der Waals surface area contributed by atoms with E-state index in [0.717, 1.165) is 0 Å². The lowest BCUT2D eigenvalue weighted by Crippen LogP contribution is -2.59. The van der Waals surface area contributed by atoms with Crippen molar-refractivity contribution >= 4 is 32.1 Å². The van der Waals surface area contributed by atoms with Crippen molar-refractivity contribution in [3.05, 3.63) is 0 Å². The fourth-order valence-corrected chi connectivity index (χ4v) is 27.2. The van der Waals surface area contributed by atoms with Crippen molar-refractivity contribution in [2.75, 3.05) is 7.11 Å². The zero-order valence-electron chi connectivity index (χ0n) is 16.7. The molecule has 0 amide bonds. The Bertz CT molecular complexity index is 398. The summed E-state index contributed by atoms with van der Waals surface area (Å²) in [4.78, 5) is 0. The standard InChI is InChI=1S/C14H39N2OPSi3/c1-14(2,3)18(17-4,15-19(5,6)7)16(20(8,9)10)21(11,12)13/h1-13H3. The average molecular weight is 367 g/mol. The summed E-state index contributed by atoms with van der Waals surface area (Å²) in [6.45, 7) is 28.7. The molecule has 3 nitrogen and oxygen atoms in total. The zero-order valence-corrected chi connectivity index (χ0v) is 20.6. The molecule has 0 fully saturated rings. The van der Waals surface area contributed by atoms with Crippen molar-refractivity contribution in [1.82, 2.24) is 4.00 Å². The molecule has 0 N–H and O–H groups in total. The quantitative estimate of drug-likeness (QED) is 0.423. The third-order valence-electron chi connectivity index (χ3n) is 3.11. The predicted octanol–water partition coefficient (Wildman–Crippen LogP) is 6.27. The Morgan fingerprint density at radius 3 is 1.29 bits per heavy atom. The maximum Gasteiger partial charge on any atom is 0.174 e. The molecule has 128 valence electrons. The Hall–Kier alpha value is 0.801. The summed E-state index contributed by atoms with van der Waals surface area (Å²) >= 11 is 0. The highest BCUT2D eigenvalue weighted by molar-refractivity contribution is 7.66. The van der Waals surface area contributed by atoms with Gasteiger partial charge in [-0.2, -0.15) is 0 Å². The molecule has 21 heavy (non-hydrogen) atoms. The van der Waals surface area contributed by atoms with Gasteiger partial charge in [0.05, 0.1) is 0 Å². The molecule has 0 aromatic rings. The van der Waals surface area contributed by atoms with E-state index < -0.39 is 32.1 Å². The second-order valence-electron chi connectivity index (χ2n) is 9.82. The van der Waals surface area contributed by atoms with Crippen LogP contribution in [0.3, 0.4) is 0 Å². The van der Waals surface area contributed by atoms with Gasteiger partial charge in [0.1, 0.15) is 23.9 Å². The number of nitrogens with zero attached hydrogens (tertiary/aromatic N) is 2. The smallest absolute Gasteiger partial charge is 0.174 e. The van der Waals surface area contributed by atoms with Crippen LogP contribution in [0.15, 0.2) is 4.41 Å². The van der Waals surface area contributed by atoms with Gasteiger partial charge in [0, 0.05) is 12.3 Å². The molecule has 0 spiro atoms. The predicted molar refractivity (Wildman–Crippen MR) is 108 cm³/mol. The molecule has 0 aliphatic heterocycles. The lowest BCUT2D eigenvalue weighted by Gasteiger charge is -2.55. The SMILES string of the molecule is COP(=N[Si](C)(C)C)(N([Si](C)(C)C)[Si](C)(C)C)C(C)(C)C. The van der Waals surface area contributed by atoms with Crippen LogP contribution in [0.1, 0.15) is 20.8 Å². The van der Waals surface area contributed by atoms with Gasteiger partial charge in [0.25, 0.3) is 0 Å². The molecule has 0 radical (unpaired) electrons. The van der Waals surface area contributed by atoms with Crippen molar-refractivity contribution < 1.29 is 4.52 Å². The molecular formula is C14H39N2OPSi3. The Labute approximate surface area is 137 Å². The van der Waals surface area contributed by atoms with E-state index in [-0.39, 0.29) is 5.16 Å². The van der Waals surface area contributed by atoms with E-state index in [0.29, 0.717) is 0 Å². The van der Waals surface area contributed by atoms with Gasteiger partial charge in [0.15, 0.2) is 8.24 Å². The van der Waals surface area contributed by atoms with E-state index in [1.54, 1.807) is 0 Å². The van der Waals surface area contributed by atoms with E-state index in [1.807, 2.05) is 7.11 Å². The molecule has 0 rings (SSSR count).